The number of halogens is 4. The molecule has 0 saturated carbocycles. The van der Waals surface area contributed by atoms with Gasteiger partial charge in [0.1, 0.15) is 6.61 Å². The Balaban J connectivity index is 2.79. The number of alkyl halides is 4. The molecule has 0 heterocycles. The van der Waals surface area contributed by atoms with Crippen LogP contribution in [-0.4, -0.2) is 33.6 Å². The Morgan fingerprint density at radius 3 is 2.20 bits per heavy atom. The van der Waals surface area contributed by atoms with Crippen LogP contribution in [0.5, 0.6) is 11.5 Å². The lowest BCUT2D eigenvalue weighted by atomic mass is 10.0. The van der Waals surface area contributed by atoms with Gasteiger partial charge in [0.2, 0.25) is 0 Å². The normalized spacial score (nSPS) is 13.2. The Hall–Kier alpha value is -0.950. The monoisotopic (exact) mass is 356 g/mol. The molecule has 0 spiro atoms. The average molecular weight is 357 g/mol. The minimum atomic E-state index is -4.32. The molecule has 0 aliphatic rings. The Kier molecular flexibility index (Phi) is 6.13. The van der Waals surface area contributed by atoms with E-state index in [0.717, 1.165) is 11.1 Å². The zero-order chi connectivity index (χ0) is 15.3. The predicted molar refractivity (Wildman–Crippen MR) is 72.8 cm³/mol. The highest BCUT2D eigenvalue weighted by Crippen LogP contribution is 2.36. The fourth-order valence-corrected chi connectivity index (χ4v) is 2.38. The zero-order valence-electron chi connectivity index (χ0n) is 11.4. The minimum absolute atomic E-state index is 0.0875. The van der Waals surface area contributed by atoms with Gasteiger partial charge in [-0.2, -0.15) is 13.2 Å². The van der Waals surface area contributed by atoms with E-state index in [4.69, 9.17) is 9.47 Å². The van der Waals surface area contributed by atoms with E-state index in [-0.39, 0.29) is 11.4 Å². The van der Waals surface area contributed by atoms with E-state index < -0.39 is 12.8 Å². The number of benzene rings is 1. The molecule has 1 aromatic rings. The third-order valence-corrected chi connectivity index (χ3v) is 3.40. The van der Waals surface area contributed by atoms with Crippen molar-refractivity contribution in [3.63, 3.8) is 0 Å². The van der Waals surface area contributed by atoms with Crippen LogP contribution in [0, 0.1) is 6.92 Å². The Labute approximate surface area is 124 Å². The van der Waals surface area contributed by atoms with Crippen LogP contribution < -0.4 is 9.47 Å². The topological polar surface area (TPSA) is 27.7 Å². The van der Waals surface area contributed by atoms with Crippen LogP contribution >= 0.6 is 15.9 Å². The first kappa shape index (κ1) is 17.1. The summed E-state index contributed by atoms with van der Waals surface area (Å²) >= 11 is 3.33. The molecule has 0 bridgehead atoms. The first-order valence-corrected chi connectivity index (χ1v) is 6.71. The van der Waals surface area contributed by atoms with E-state index in [9.17, 15) is 13.2 Å². The maximum atomic E-state index is 12.0. The first-order chi connectivity index (χ1) is 9.28. The van der Waals surface area contributed by atoms with Crippen molar-refractivity contribution in [3.05, 3.63) is 23.3 Å². The highest BCUT2D eigenvalue weighted by Gasteiger charge is 2.28. The van der Waals surface area contributed by atoms with Gasteiger partial charge in [-0.05, 0) is 30.2 Å². The lowest BCUT2D eigenvalue weighted by Crippen LogP contribution is -2.18. The largest absolute Gasteiger partial charge is 0.493 e. The van der Waals surface area contributed by atoms with E-state index in [1.807, 2.05) is 6.92 Å². The molecule has 0 aliphatic heterocycles. The summed E-state index contributed by atoms with van der Waals surface area (Å²) in [7, 11) is 3.02. The molecule has 0 saturated heterocycles. The minimum Gasteiger partial charge on any atom is -0.493 e. The second kappa shape index (κ2) is 7.17. The van der Waals surface area contributed by atoms with Gasteiger partial charge in [-0.1, -0.05) is 15.9 Å². The number of hydrogen-bond donors (Lipinski definition) is 0. The highest BCUT2D eigenvalue weighted by atomic mass is 79.9. The van der Waals surface area contributed by atoms with Crippen LogP contribution in [0.1, 0.15) is 16.0 Å². The summed E-state index contributed by atoms with van der Waals surface area (Å²) in [6, 6.07) is 3.50. The molecule has 3 nitrogen and oxygen atoms in total. The number of methoxy groups -OCH3 is 2. The lowest BCUT2D eigenvalue weighted by Gasteiger charge is -2.17. The van der Waals surface area contributed by atoms with Crippen LogP contribution in [0.25, 0.3) is 0 Å². The molecule has 0 N–H and O–H groups in total. The van der Waals surface area contributed by atoms with Gasteiger partial charge in [-0.15, -0.1) is 0 Å². The van der Waals surface area contributed by atoms with Gasteiger partial charge in [0, 0.05) is 0 Å². The van der Waals surface area contributed by atoms with Crippen LogP contribution in [0.2, 0.25) is 0 Å². The van der Waals surface area contributed by atoms with Crippen molar-refractivity contribution in [1.82, 2.24) is 0 Å². The molecule has 0 amide bonds. The molecule has 1 aromatic carbocycles. The summed E-state index contributed by atoms with van der Waals surface area (Å²) in [5.74, 6) is 1.10. The third-order valence-electron chi connectivity index (χ3n) is 2.64. The van der Waals surface area contributed by atoms with Crippen molar-refractivity contribution in [1.29, 1.82) is 0 Å². The molecule has 0 aliphatic carbocycles. The van der Waals surface area contributed by atoms with E-state index in [1.54, 1.807) is 12.1 Å². The Bertz CT molecular complexity index is 449. The molecule has 0 radical (unpaired) electrons. The Morgan fingerprint density at radius 2 is 1.70 bits per heavy atom. The van der Waals surface area contributed by atoms with Crippen molar-refractivity contribution < 1.29 is 27.4 Å². The van der Waals surface area contributed by atoms with Gasteiger partial charge >= 0.3 is 6.18 Å². The van der Waals surface area contributed by atoms with E-state index >= 15 is 0 Å². The van der Waals surface area contributed by atoms with Gasteiger partial charge in [0.15, 0.2) is 11.5 Å². The van der Waals surface area contributed by atoms with E-state index in [0.29, 0.717) is 11.5 Å². The summed E-state index contributed by atoms with van der Waals surface area (Å²) < 4.78 is 51.1. The molecule has 1 unspecified atom stereocenters. The summed E-state index contributed by atoms with van der Waals surface area (Å²) in [5.41, 5.74) is 1.67. The van der Waals surface area contributed by atoms with Gasteiger partial charge in [-0.25, -0.2) is 0 Å². The third kappa shape index (κ3) is 4.86. The SMILES string of the molecule is COc1cc(C)c(C(Br)COCC(F)(F)F)cc1OC. The van der Waals surface area contributed by atoms with Crippen LogP contribution in [0.15, 0.2) is 12.1 Å². The second-order valence-electron chi connectivity index (χ2n) is 4.16. The molecular weight excluding hydrogens is 341 g/mol. The van der Waals surface area contributed by atoms with Crippen molar-refractivity contribution >= 4 is 15.9 Å². The molecular formula is C13H16BrF3O3. The van der Waals surface area contributed by atoms with Gasteiger partial charge in [-0.3, -0.25) is 0 Å². The fourth-order valence-electron chi connectivity index (χ4n) is 1.70. The number of rotatable bonds is 6. The molecule has 114 valence electrons. The zero-order valence-corrected chi connectivity index (χ0v) is 13.0. The quantitative estimate of drug-likeness (QED) is 0.720. The fraction of sp³-hybridized carbons (Fsp3) is 0.538. The van der Waals surface area contributed by atoms with Crippen LogP contribution in [0.4, 0.5) is 13.2 Å². The smallest absolute Gasteiger partial charge is 0.411 e. The predicted octanol–water partition coefficient (Wildman–Crippen LogP) is 4.03. The lowest BCUT2D eigenvalue weighted by molar-refractivity contribution is -0.173. The Morgan fingerprint density at radius 1 is 1.15 bits per heavy atom. The van der Waals surface area contributed by atoms with Crippen molar-refractivity contribution in [2.24, 2.45) is 0 Å². The molecule has 0 aromatic heterocycles. The maximum Gasteiger partial charge on any atom is 0.411 e. The van der Waals surface area contributed by atoms with Gasteiger partial charge < -0.3 is 14.2 Å². The standard InChI is InChI=1S/C13H16BrF3O3/c1-8-4-11(18-2)12(19-3)5-9(8)10(14)6-20-7-13(15,16)17/h4-5,10H,6-7H2,1-3H3. The first-order valence-electron chi connectivity index (χ1n) is 5.79. The van der Waals surface area contributed by atoms with Crippen molar-refractivity contribution in [2.75, 3.05) is 27.4 Å². The molecule has 0 fully saturated rings. The van der Waals surface area contributed by atoms with Crippen molar-refractivity contribution in [3.8, 4) is 11.5 Å². The summed E-state index contributed by atoms with van der Waals surface area (Å²) in [6.45, 7) is 0.493. The number of hydrogen-bond acceptors (Lipinski definition) is 3. The van der Waals surface area contributed by atoms with E-state index in [1.165, 1.54) is 14.2 Å². The summed E-state index contributed by atoms with van der Waals surface area (Å²) in [4.78, 5) is -0.357. The number of aryl methyl sites for hydroxylation is 1. The van der Waals surface area contributed by atoms with E-state index in [2.05, 4.69) is 20.7 Å². The molecule has 7 heteroatoms. The summed E-state index contributed by atoms with van der Waals surface area (Å²) in [5, 5.41) is 0. The van der Waals surface area contributed by atoms with Gasteiger partial charge in [0.25, 0.3) is 0 Å². The number of ether oxygens (including phenoxy) is 3. The molecule has 1 rings (SSSR count). The maximum absolute atomic E-state index is 12.0. The van der Waals surface area contributed by atoms with Gasteiger partial charge in [0.05, 0.1) is 25.7 Å². The summed E-state index contributed by atoms with van der Waals surface area (Å²) in [6.07, 6.45) is -4.32. The van der Waals surface area contributed by atoms with Crippen LogP contribution in [0.3, 0.4) is 0 Å². The molecule has 1 atom stereocenters. The average Bonchev–Trinajstić information content (AvgIpc) is 2.36. The van der Waals surface area contributed by atoms with Crippen LogP contribution in [-0.2, 0) is 4.74 Å². The van der Waals surface area contributed by atoms with Crippen molar-refractivity contribution in [2.45, 2.75) is 17.9 Å². The molecule has 20 heavy (non-hydrogen) atoms. The second-order valence-corrected chi connectivity index (χ2v) is 5.27. The highest BCUT2D eigenvalue weighted by molar-refractivity contribution is 9.09.